The summed E-state index contributed by atoms with van der Waals surface area (Å²) >= 11 is 0. The van der Waals surface area contributed by atoms with E-state index in [1.807, 2.05) is 19.1 Å². The average molecular weight is 190 g/mol. The van der Waals surface area contributed by atoms with Crippen molar-refractivity contribution in [2.75, 3.05) is 13.1 Å². The van der Waals surface area contributed by atoms with Gasteiger partial charge in [0.05, 0.1) is 5.60 Å². The molecule has 1 unspecified atom stereocenters. The van der Waals surface area contributed by atoms with Crippen LogP contribution in [-0.2, 0) is 6.54 Å². The van der Waals surface area contributed by atoms with Gasteiger partial charge in [-0.1, -0.05) is 24.3 Å². The summed E-state index contributed by atoms with van der Waals surface area (Å²) < 4.78 is 0. The lowest BCUT2D eigenvalue weighted by atomic mass is 10.1. The van der Waals surface area contributed by atoms with Gasteiger partial charge in [-0.15, -0.1) is 0 Å². The highest BCUT2D eigenvalue weighted by Gasteiger charge is 2.30. The second-order valence-corrected chi connectivity index (χ2v) is 4.37. The average Bonchev–Trinajstić information content (AvgIpc) is 2.47. The number of hydrogen-bond donors (Lipinski definition) is 1. The molecule has 1 aliphatic rings. The normalized spacial score (nSPS) is 28.1. The maximum absolute atomic E-state index is 9.80. The summed E-state index contributed by atoms with van der Waals surface area (Å²) in [5.41, 5.74) is 0.808. The molecule has 14 heavy (non-hydrogen) atoms. The van der Waals surface area contributed by atoms with Crippen LogP contribution >= 0.6 is 0 Å². The van der Waals surface area contributed by atoms with Gasteiger partial charge in [0, 0.05) is 19.6 Å². The fourth-order valence-electron chi connectivity index (χ4n) is 1.96. The van der Waals surface area contributed by atoms with E-state index in [2.05, 4.69) is 23.1 Å². The maximum Gasteiger partial charge on any atom is 0.0758 e. The molecule has 1 saturated heterocycles. The summed E-state index contributed by atoms with van der Waals surface area (Å²) in [6, 6.07) is 11.0. The van der Waals surface area contributed by atoms with Crippen molar-refractivity contribution < 1.29 is 5.11 Å². The highest BCUT2D eigenvalue weighted by molar-refractivity contribution is 5.14. The summed E-state index contributed by atoms with van der Waals surface area (Å²) in [4.78, 5) is 2.29. The zero-order valence-electron chi connectivity index (χ0n) is 8.53. The summed E-state index contributed by atoms with van der Waals surface area (Å²) in [6.45, 7) is 4.62. The Balaban J connectivity index is 1.94. The number of benzene rings is 1. The van der Waals surface area contributed by atoms with E-state index >= 15 is 0 Å². The van der Waals surface area contributed by atoms with Crippen molar-refractivity contribution in [1.29, 1.82) is 0 Å². The van der Waals surface area contributed by atoms with Crippen LogP contribution in [0.5, 0.6) is 0 Å². The van der Waals surface area contributed by atoms with Crippen LogP contribution in [0.25, 0.3) is 0 Å². The molecular formula is C12H16NO. The van der Waals surface area contributed by atoms with Gasteiger partial charge in [0.25, 0.3) is 0 Å². The molecule has 2 heteroatoms. The van der Waals surface area contributed by atoms with Crippen molar-refractivity contribution in [3.63, 3.8) is 0 Å². The summed E-state index contributed by atoms with van der Waals surface area (Å²) in [6.07, 6.45) is 0.881. The third kappa shape index (κ3) is 2.34. The molecule has 1 radical (unpaired) electrons. The van der Waals surface area contributed by atoms with Crippen LogP contribution in [0.4, 0.5) is 0 Å². The number of hydrogen-bond acceptors (Lipinski definition) is 2. The molecule has 1 fully saturated rings. The van der Waals surface area contributed by atoms with Crippen LogP contribution in [0.15, 0.2) is 24.3 Å². The first-order valence-corrected chi connectivity index (χ1v) is 5.05. The van der Waals surface area contributed by atoms with E-state index in [1.165, 1.54) is 5.56 Å². The van der Waals surface area contributed by atoms with E-state index in [9.17, 15) is 5.11 Å². The minimum absolute atomic E-state index is 0.485. The van der Waals surface area contributed by atoms with Gasteiger partial charge in [0.2, 0.25) is 0 Å². The predicted octanol–water partition coefficient (Wildman–Crippen LogP) is 1.44. The molecule has 1 aliphatic heterocycles. The van der Waals surface area contributed by atoms with Gasteiger partial charge in [-0.3, -0.25) is 4.90 Å². The zero-order valence-corrected chi connectivity index (χ0v) is 8.53. The molecule has 75 valence electrons. The molecule has 1 N–H and O–H groups in total. The lowest BCUT2D eigenvalue weighted by Gasteiger charge is -2.18. The highest BCUT2D eigenvalue weighted by atomic mass is 16.3. The third-order valence-corrected chi connectivity index (χ3v) is 2.72. The second kappa shape index (κ2) is 3.71. The molecule has 1 heterocycles. The molecule has 0 saturated carbocycles. The summed E-state index contributed by atoms with van der Waals surface area (Å²) in [5, 5.41) is 9.80. The molecule has 2 nitrogen and oxygen atoms in total. The third-order valence-electron chi connectivity index (χ3n) is 2.72. The largest absolute Gasteiger partial charge is 0.389 e. The van der Waals surface area contributed by atoms with Crippen LogP contribution in [-0.4, -0.2) is 28.7 Å². The predicted molar refractivity (Wildman–Crippen MR) is 55.8 cm³/mol. The van der Waals surface area contributed by atoms with E-state index in [0.717, 1.165) is 26.1 Å². The van der Waals surface area contributed by atoms with Crippen LogP contribution in [0.3, 0.4) is 0 Å². The zero-order chi connectivity index (χ0) is 10.0. The number of rotatable bonds is 2. The van der Waals surface area contributed by atoms with Crippen LogP contribution in [0, 0.1) is 6.07 Å². The molecule has 0 bridgehead atoms. The van der Waals surface area contributed by atoms with Crippen molar-refractivity contribution in [2.45, 2.75) is 25.5 Å². The number of likely N-dealkylation sites (tertiary alicyclic amines) is 1. The quantitative estimate of drug-likeness (QED) is 0.763. The molecular weight excluding hydrogens is 174 g/mol. The van der Waals surface area contributed by atoms with Crippen molar-refractivity contribution >= 4 is 0 Å². The minimum Gasteiger partial charge on any atom is -0.389 e. The Kier molecular flexibility index (Phi) is 2.57. The summed E-state index contributed by atoms with van der Waals surface area (Å²) in [7, 11) is 0. The van der Waals surface area contributed by atoms with Crippen LogP contribution in [0.1, 0.15) is 18.9 Å². The fraction of sp³-hybridized carbons (Fsp3) is 0.500. The number of β-amino-alcohol motifs (C(OH)–C–C–N with tert-alkyl or cyclic N) is 1. The molecule has 1 aromatic rings. The SMILES string of the molecule is CC1(O)CCN(Cc2cc[c]cc2)C1. The lowest BCUT2D eigenvalue weighted by Crippen LogP contribution is -2.29. The Bertz CT molecular complexity index is 294. The monoisotopic (exact) mass is 190 g/mol. The van der Waals surface area contributed by atoms with Gasteiger partial charge in [-0.2, -0.15) is 0 Å². The standard InChI is InChI=1S/C12H16NO/c1-12(14)7-8-13(10-12)9-11-5-3-2-4-6-11/h3-6,14H,7-10H2,1H3. The Morgan fingerprint density at radius 1 is 1.50 bits per heavy atom. The molecule has 1 aromatic carbocycles. The van der Waals surface area contributed by atoms with E-state index in [1.54, 1.807) is 0 Å². The maximum atomic E-state index is 9.80. The van der Waals surface area contributed by atoms with Gasteiger partial charge in [0.15, 0.2) is 0 Å². The lowest BCUT2D eigenvalue weighted by molar-refractivity contribution is 0.0679. The van der Waals surface area contributed by atoms with Gasteiger partial charge in [-0.25, -0.2) is 0 Å². The van der Waals surface area contributed by atoms with Crippen LogP contribution < -0.4 is 0 Å². The Labute approximate surface area is 85.2 Å². The van der Waals surface area contributed by atoms with Gasteiger partial charge < -0.3 is 5.11 Å². The topological polar surface area (TPSA) is 23.5 Å². The smallest absolute Gasteiger partial charge is 0.0758 e. The molecule has 0 spiro atoms. The summed E-state index contributed by atoms with van der Waals surface area (Å²) in [5.74, 6) is 0. The van der Waals surface area contributed by atoms with E-state index in [-0.39, 0.29) is 0 Å². The van der Waals surface area contributed by atoms with Gasteiger partial charge >= 0.3 is 0 Å². The Morgan fingerprint density at radius 2 is 2.21 bits per heavy atom. The molecule has 0 aliphatic carbocycles. The van der Waals surface area contributed by atoms with Crippen molar-refractivity contribution in [2.24, 2.45) is 0 Å². The molecule has 0 amide bonds. The first-order chi connectivity index (χ1) is 6.66. The van der Waals surface area contributed by atoms with Gasteiger partial charge in [-0.05, 0) is 25.0 Å². The van der Waals surface area contributed by atoms with E-state index < -0.39 is 5.60 Å². The number of nitrogens with zero attached hydrogens (tertiary/aromatic N) is 1. The molecule has 2 rings (SSSR count). The first-order valence-electron chi connectivity index (χ1n) is 5.05. The fourth-order valence-corrected chi connectivity index (χ4v) is 1.96. The Hall–Kier alpha value is -0.860. The highest BCUT2D eigenvalue weighted by Crippen LogP contribution is 2.21. The van der Waals surface area contributed by atoms with Crippen molar-refractivity contribution in [3.8, 4) is 0 Å². The van der Waals surface area contributed by atoms with Crippen molar-refractivity contribution in [1.82, 2.24) is 4.90 Å². The molecule has 0 aromatic heterocycles. The van der Waals surface area contributed by atoms with E-state index in [4.69, 9.17) is 0 Å². The first kappa shape index (κ1) is 9.69. The Morgan fingerprint density at radius 3 is 2.79 bits per heavy atom. The minimum atomic E-state index is -0.485. The van der Waals surface area contributed by atoms with Crippen molar-refractivity contribution in [3.05, 3.63) is 35.9 Å². The number of aliphatic hydroxyl groups is 1. The van der Waals surface area contributed by atoms with Crippen LogP contribution in [0.2, 0.25) is 0 Å². The van der Waals surface area contributed by atoms with Gasteiger partial charge in [0.1, 0.15) is 0 Å². The molecule has 1 atom stereocenters. The van der Waals surface area contributed by atoms with E-state index in [0.29, 0.717) is 0 Å². The second-order valence-electron chi connectivity index (χ2n) is 4.37.